The average molecular weight is 388 g/mol. The Hall–Kier alpha value is -2.41. The first-order valence-electron chi connectivity index (χ1n) is 9.76. The van der Waals surface area contributed by atoms with E-state index in [0.717, 1.165) is 29.9 Å². The van der Waals surface area contributed by atoms with Gasteiger partial charge in [0.1, 0.15) is 5.82 Å². The lowest BCUT2D eigenvalue weighted by Gasteiger charge is -2.38. The molecule has 2 heterocycles. The van der Waals surface area contributed by atoms with E-state index in [1.165, 1.54) is 6.07 Å². The average Bonchev–Trinajstić information content (AvgIpc) is 3.18. The van der Waals surface area contributed by atoms with Crippen LogP contribution in [0.5, 0.6) is 0 Å². The number of benzene rings is 1. The van der Waals surface area contributed by atoms with Crippen LogP contribution in [0.4, 0.5) is 4.39 Å². The van der Waals surface area contributed by atoms with E-state index >= 15 is 0 Å². The Morgan fingerprint density at radius 2 is 2.04 bits per heavy atom. The molecular weight excluding hydrogens is 359 g/mol. The number of guanidine groups is 1. The van der Waals surface area contributed by atoms with Crippen molar-refractivity contribution in [1.82, 2.24) is 15.8 Å². The van der Waals surface area contributed by atoms with Crippen LogP contribution in [-0.4, -0.2) is 37.9 Å². The van der Waals surface area contributed by atoms with Gasteiger partial charge in [-0.1, -0.05) is 31.1 Å². The predicted octanol–water partition coefficient (Wildman–Crippen LogP) is 3.35. The molecule has 0 radical (unpaired) electrons. The summed E-state index contributed by atoms with van der Waals surface area (Å²) in [6, 6.07) is 8.83. The van der Waals surface area contributed by atoms with Gasteiger partial charge in [-0.3, -0.25) is 4.99 Å². The standard InChI is InChI=1S/C21H29FN4O2/c1-15(2)19-12-18(28-26-19)13-24-20(23-3)25-14-21(7-9-27-10-8-21)16-5-4-6-17(22)11-16/h4-6,11-12,15H,7-10,13-14H2,1-3H3,(H2,23,24,25). The fourth-order valence-corrected chi connectivity index (χ4v) is 3.48. The molecule has 0 amide bonds. The van der Waals surface area contributed by atoms with Crippen molar-refractivity contribution in [3.05, 3.63) is 53.2 Å². The van der Waals surface area contributed by atoms with Gasteiger partial charge >= 0.3 is 0 Å². The van der Waals surface area contributed by atoms with E-state index in [4.69, 9.17) is 9.26 Å². The highest BCUT2D eigenvalue weighted by Crippen LogP contribution is 2.34. The van der Waals surface area contributed by atoms with Crippen molar-refractivity contribution < 1.29 is 13.7 Å². The third-order valence-corrected chi connectivity index (χ3v) is 5.30. The Kier molecular flexibility index (Phi) is 6.67. The van der Waals surface area contributed by atoms with Crippen LogP contribution in [0.2, 0.25) is 0 Å². The van der Waals surface area contributed by atoms with Gasteiger partial charge in [-0.25, -0.2) is 4.39 Å². The molecule has 1 aromatic carbocycles. The number of aliphatic imine (C=N–C) groups is 1. The van der Waals surface area contributed by atoms with Gasteiger partial charge in [-0.2, -0.15) is 0 Å². The summed E-state index contributed by atoms with van der Waals surface area (Å²) in [6.45, 7) is 6.63. The molecular formula is C21H29FN4O2. The van der Waals surface area contributed by atoms with Gasteiger partial charge in [0.05, 0.1) is 12.2 Å². The van der Waals surface area contributed by atoms with E-state index in [9.17, 15) is 4.39 Å². The summed E-state index contributed by atoms with van der Waals surface area (Å²) in [6.07, 6.45) is 1.67. The number of ether oxygens (including phenoxy) is 1. The topological polar surface area (TPSA) is 71.7 Å². The number of aromatic nitrogens is 1. The van der Waals surface area contributed by atoms with E-state index in [0.29, 0.717) is 38.2 Å². The number of rotatable bonds is 6. The van der Waals surface area contributed by atoms with Crippen molar-refractivity contribution in [2.75, 3.05) is 26.8 Å². The molecule has 0 atom stereocenters. The molecule has 1 aliphatic rings. The predicted molar refractivity (Wildman–Crippen MR) is 107 cm³/mol. The van der Waals surface area contributed by atoms with Crippen LogP contribution in [-0.2, 0) is 16.7 Å². The summed E-state index contributed by atoms with van der Waals surface area (Å²) in [5, 5.41) is 10.7. The van der Waals surface area contributed by atoms with Crippen molar-refractivity contribution >= 4 is 5.96 Å². The monoisotopic (exact) mass is 388 g/mol. The van der Waals surface area contributed by atoms with Crippen LogP contribution in [0, 0.1) is 5.82 Å². The van der Waals surface area contributed by atoms with E-state index < -0.39 is 0 Å². The van der Waals surface area contributed by atoms with Crippen LogP contribution in [0.1, 0.15) is 49.6 Å². The van der Waals surface area contributed by atoms with Crippen LogP contribution in [0.15, 0.2) is 39.8 Å². The SMILES string of the molecule is CN=C(NCc1cc(C(C)C)no1)NCC1(c2cccc(F)c2)CCOCC1. The number of hydrogen-bond acceptors (Lipinski definition) is 4. The number of nitrogens with zero attached hydrogens (tertiary/aromatic N) is 2. The second-order valence-electron chi connectivity index (χ2n) is 7.56. The molecule has 0 bridgehead atoms. The van der Waals surface area contributed by atoms with Gasteiger partial charge in [0.2, 0.25) is 0 Å². The minimum Gasteiger partial charge on any atom is -0.381 e. The Labute approximate surface area is 165 Å². The molecule has 0 spiro atoms. The highest BCUT2D eigenvalue weighted by Gasteiger charge is 2.35. The van der Waals surface area contributed by atoms with E-state index in [-0.39, 0.29) is 11.2 Å². The highest BCUT2D eigenvalue weighted by molar-refractivity contribution is 5.79. The molecule has 3 rings (SSSR count). The number of hydrogen-bond donors (Lipinski definition) is 2. The molecule has 7 heteroatoms. The molecule has 28 heavy (non-hydrogen) atoms. The molecule has 152 valence electrons. The summed E-state index contributed by atoms with van der Waals surface area (Å²) in [4.78, 5) is 4.30. The van der Waals surface area contributed by atoms with E-state index in [1.54, 1.807) is 19.2 Å². The number of halogens is 1. The van der Waals surface area contributed by atoms with Crippen molar-refractivity contribution in [2.45, 2.75) is 44.6 Å². The first-order valence-corrected chi connectivity index (χ1v) is 9.76. The van der Waals surface area contributed by atoms with Gasteiger partial charge in [-0.15, -0.1) is 0 Å². The second kappa shape index (κ2) is 9.19. The first kappa shape index (κ1) is 20.3. The summed E-state index contributed by atoms with van der Waals surface area (Å²) in [7, 11) is 1.73. The molecule has 0 saturated carbocycles. The second-order valence-corrected chi connectivity index (χ2v) is 7.56. The van der Waals surface area contributed by atoms with Crippen LogP contribution < -0.4 is 10.6 Å². The fourth-order valence-electron chi connectivity index (χ4n) is 3.48. The lowest BCUT2D eigenvalue weighted by molar-refractivity contribution is 0.0513. The summed E-state index contributed by atoms with van der Waals surface area (Å²) >= 11 is 0. The quantitative estimate of drug-likeness (QED) is 0.587. The van der Waals surface area contributed by atoms with Crippen molar-refractivity contribution in [3.63, 3.8) is 0 Å². The molecule has 0 unspecified atom stereocenters. The smallest absolute Gasteiger partial charge is 0.191 e. The Bertz CT molecular complexity index is 797. The largest absolute Gasteiger partial charge is 0.381 e. The zero-order chi connectivity index (χ0) is 20.0. The van der Waals surface area contributed by atoms with Gasteiger partial charge in [0.25, 0.3) is 0 Å². The van der Waals surface area contributed by atoms with Crippen molar-refractivity contribution in [1.29, 1.82) is 0 Å². The summed E-state index contributed by atoms with van der Waals surface area (Å²) < 4.78 is 24.7. The van der Waals surface area contributed by atoms with Crippen LogP contribution in [0.25, 0.3) is 0 Å². The minimum atomic E-state index is -0.211. The van der Waals surface area contributed by atoms with E-state index in [1.807, 2.05) is 12.1 Å². The molecule has 1 saturated heterocycles. The zero-order valence-electron chi connectivity index (χ0n) is 16.8. The lowest BCUT2D eigenvalue weighted by Crippen LogP contribution is -2.48. The lowest BCUT2D eigenvalue weighted by atomic mass is 9.74. The molecule has 2 N–H and O–H groups in total. The maximum absolute atomic E-state index is 13.8. The molecule has 1 fully saturated rings. The van der Waals surface area contributed by atoms with Crippen LogP contribution in [0.3, 0.4) is 0 Å². The number of nitrogens with one attached hydrogen (secondary N) is 2. The van der Waals surface area contributed by atoms with Gasteiger partial charge in [0, 0.05) is 38.3 Å². The molecule has 0 aliphatic carbocycles. The Morgan fingerprint density at radius 1 is 1.25 bits per heavy atom. The summed E-state index contributed by atoms with van der Waals surface area (Å²) in [5.41, 5.74) is 1.75. The van der Waals surface area contributed by atoms with Gasteiger partial charge < -0.3 is 19.9 Å². The van der Waals surface area contributed by atoms with Crippen LogP contribution >= 0.6 is 0 Å². The maximum atomic E-state index is 13.8. The third kappa shape index (κ3) is 4.90. The van der Waals surface area contributed by atoms with Gasteiger partial charge in [-0.05, 0) is 36.5 Å². The van der Waals surface area contributed by atoms with Gasteiger partial charge in [0.15, 0.2) is 11.7 Å². The summed E-state index contributed by atoms with van der Waals surface area (Å²) in [5.74, 6) is 1.55. The van der Waals surface area contributed by atoms with Crippen molar-refractivity contribution in [2.24, 2.45) is 4.99 Å². The molecule has 2 aromatic rings. The molecule has 1 aliphatic heterocycles. The maximum Gasteiger partial charge on any atom is 0.191 e. The molecule has 1 aromatic heterocycles. The third-order valence-electron chi connectivity index (χ3n) is 5.30. The van der Waals surface area contributed by atoms with Crippen molar-refractivity contribution in [3.8, 4) is 0 Å². The molecule has 6 nitrogen and oxygen atoms in total. The van der Waals surface area contributed by atoms with E-state index in [2.05, 4.69) is 34.6 Å². The normalized spacial score (nSPS) is 17.0. The zero-order valence-corrected chi connectivity index (χ0v) is 16.8. The Morgan fingerprint density at radius 3 is 2.68 bits per heavy atom. The fraction of sp³-hybridized carbons (Fsp3) is 0.524. The highest BCUT2D eigenvalue weighted by atomic mass is 19.1. The minimum absolute atomic E-state index is 0.185. The first-order chi connectivity index (χ1) is 13.5. The Balaban J connectivity index is 1.64.